The van der Waals surface area contributed by atoms with Gasteiger partial charge >= 0.3 is 0 Å². The van der Waals surface area contributed by atoms with Gasteiger partial charge in [0.2, 0.25) is 11.8 Å². The molecule has 3 N–H and O–H groups in total. The number of hydrogen-bond donors (Lipinski definition) is 3. The van der Waals surface area contributed by atoms with Gasteiger partial charge in [-0.3, -0.25) is 9.59 Å². The van der Waals surface area contributed by atoms with Crippen LogP contribution in [0.1, 0.15) is 24.8 Å². The number of quaternary nitrogens is 1. The number of amides is 2. The molecule has 5 nitrogen and oxygen atoms in total. The molecule has 2 aromatic carbocycles. The molecule has 1 saturated heterocycles. The third-order valence-electron chi connectivity index (χ3n) is 5.43. The Kier molecular flexibility index (Phi) is 5.98. The molecule has 0 aromatic heterocycles. The second-order valence-electron chi connectivity index (χ2n) is 7.55. The van der Waals surface area contributed by atoms with Crippen LogP contribution in [0.4, 0.5) is 5.69 Å². The molecule has 2 aromatic rings. The van der Waals surface area contributed by atoms with E-state index in [0.717, 1.165) is 43.1 Å². The minimum atomic E-state index is -0.362. The zero-order chi connectivity index (χ0) is 19.3. The lowest BCUT2D eigenvalue weighted by Crippen LogP contribution is -3.12. The molecule has 0 saturated carbocycles. The maximum Gasteiger partial charge on any atom is 0.238 e. The molecule has 0 aliphatic carbocycles. The van der Waals surface area contributed by atoms with Crippen LogP contribution in [0.15, 0.2) is 59.5 Å². The van der Waals surface area contributed by atoms with Crippen LogP contribution in [0.2, 0.25) is 0 Å². The van der Waals surface area contributed by atoms with Gasteiger partial charge in [-0.1, -0.05) is 42.5 Å². The summed E-state index contributed by atoms with van der Waals surface area (Å²) in [4.78, 5) is 27.4. The van der Waals surface area contributed by atoms with Crippen LogP contribution >= 0.6 is 11.8 Å². The predicted octanol–water partition coefficient (Wildman–Crippen LogP) is 1.85. The largest absolute Gasteiger partial charge is 0.353 e. The molecular weight excluding hydrogens is 370 g/mol. The van der Waals surface area contributed by atoms with Gasteiger partial charge in [-0.25, -0.2) is 0 Å². The van der Waals surface area contributed by atoms with Gasteiger partial charge in [0.25, 0.3) is 0 Å². The number of hydrogen-bond acceptors (Lipinski definition) is 3. The topological polar surface area (TPSA) is 62.6 Å². The van der Waals surface area contributed by atoms with Crippen molar-refractivity contribution >= 4 is 29.3 Å². The van der Waals surface area contributed by atoms with E-state index in [-0.39, 0.29) is 29.5 Å². The summed E-state index contributed by atoms with van der Waals surface area (Å²) >= 11 is 1.48. The molecule has 0 bridgehead atoms. The Labute approximate surface area is 169 Å². The van der Waals surface area contributed by atoms with E-state index in [0.29, 0.717) is 0 Å². The summed E-state index contributed by atoms with van der Waals surface area (Å²) in [6.07, 6.45) is 2.20. The van der Waals surface area contributed by atoms with Gasteiger partial charge in [-0.15, -0.1) is 11.8 Å². The van der Waals surface area contributed by atoms with Crippen LogP contribution in [0.25, 0.3) is 0 Å². The van der Waals surface area contributed by atoms with E-state index in [9.17, 15) is 9.59 Å². The Morgan fingerprint density at radius 1 is 1.07 bits per heavy atom. The Morgan fingerprint density at radius 3 is 2.57 bits per heavy atom. The predicted molar refractivity (Wildman–Crippen MR) is 111 cm³/mol. The number of nitrogens with one attached hydrogen (secondary N) is 3. The molecule has 2 heterocycles. The number of rotatable bonds is 5. The standard InChI is InChI=1S/C22H25N3O2S/c26-21(14-20-22(27)24-18-8-4-5-9-19(18)28-20)23-17-10-12-25(13-11-17)15-16-6-2-1-3-7-16/h1-9,17,20H,10-15H2,(H,23,26)(H,24,27)/p+1/t20-/m0/s1. The lowest BCUT2D eigenvalue weighted by Gasteiger charge is -2.30. The van der Waals surface area contributed by atoms with Gasteiger partial charge in [0, 0.05) is 35.8 Å². The second kappa shape index (κ2) is 8.80. The second-order valence-corrected chi connectivity index (χ2v) is 8.79. The fourth-order valence-corrected chi connectivity index (χ4v) is 5.02. The number of benzene rings is 2. The Balaban J connectivity index is 1.23. The van der Waals surface area contributed by atoms with Crippen molar-refractivity contribution in [1.29, 1.82) is 0 Å². The minimum Gasteiger partial charge on any atom is -0.353 e. The monoisotopic (exact) mass is 396 g/mol. The average Bonchev–Trinajstić information content (AvgIpc) is 2.71. The first-order valence-electron chi connectivity index (χ1n) is 9.91. The molecule has 146 valence electrons. The molecule has 2 amide bonds. The van der Waals surface area contributed by atoms with E-state index in [2.05, 4.69) is 34.9 Å². The zero-order valence-electron chi connectivity index (χ0n) is 15.8. The number of carbonyl (C=O) groups is 2. The maximum atomic E-state index is 12.5. The van der Waals surface area contributed by atoms with Crippen LogP contribution in [-0.2, 0) is 16.1 Å². The van der Waals surface area contributed by atoms with Crippen LogP contribution in [0, 0.1) is 0 Å². The number of para-hydroxylation sites is 1. The molecule has 28 heavy (non-hydrogen) atoms. The number of anilines is 1. The quantitative estimate of drug-likeness (QED) is 0.723. The maximum absolute atomic E-state index is 12.5. The van der Waals surface area contributed by atoms with Crippen molar-refractivity contribution in [3.8, 4) is 0 Å². The summed E-state index contributed by atoms with van der Waals surface area (Å²) in [7, 11) is 0. The third kappa shape index (κ3) is 4.75. The summed E-state index contributed by atoms with van der Waals surface area (Å²) in [5, 5.41) is 5.69. The van der Waals surface area contributed by atoms with Crippen molar-refractivity contribution in [2.75, 3.05) is 18.4 Å². The summed E-state index contributed by atoms with van der Waals surface area (Å²) in [6.45, 7) is 3.16. The van der Waals surface area contributed by atoms with E-state index < -0.39 is 0 Å². The SMILES string of the molecule is O=C(C[C@@H]1Sc2ccccc2NC1=O)NC1CC[NH+](Cc2ccccc2)CC1. The first-order valence-corrected chi connectivity index (χ1v) is 10.8. The number of carbonyl (C=O) groups excluding carboxylic acids is 2. The first kappa shape index (κ1) is 19.0. The molecule has 1 atom stereocenters. The van der Waals surface area contributed by atoms with E-state index in [4.69, 9.17) is 0 Å². The van der Waals surface area contributed by atoms with Crippen molar-refractivity contribution in [2.45, 2.75) is 42.0 Å². The fourth-order valence-electron chi connectivity index (χ4n) is 3.91. The van der Waals surface area contributed by atoms with E-state index in [1.807, 2.05) is 30.3 Å². The molecule has 1 fully saturated rings. The van der Waals surface area contributed by atoms with Crippen LogP contribution in [-0.4, -0.2) is 36.2 Å². The third-order valence-corrected chi connectivity index (χ3v) is 6.71. The highest BCUT2D eigenvalue weighted by molar-refractivity contribution is 8.01. The molecular formula is C22H26N3O2S+. The van der Waals surface area contributed by atoms with Gasteiger partial charge < -0.3 is 15.5 Å². The van der Waals surface area contributed by atoms with E-state index >= 15 is 0 Å². The molecule has 0 spiro atoms. The van der Waals surface area contributed by atoms with Crippen molar-refractivity contribution in [3.63, 3.8) is 0 Å². The van der Waals surface area contributed by atoms with Gasteiger partial charge in [-0.2, -0.15) is 0 Å². The molecule has 0 radical (unpaired) electrons. The molecule has 2 aliphatic rings. The average molecular weight is 397 g/mol. The van der Waals surface area contributed by atoms with Crippen molar-refractivity contribution in [3.05, 3.63) is 60.2 Å². The highest BCUT2D eigenvalue weighted by Gasteiger charge is 2.30. The van der Waals surface area contributed by atoms with Gasteiger partial charge in [0.15, 0.2) is 0 Å². The van der Waals surface area contributed by atoms with Gasteiger partial charge in [-0.05, 0) is 12.1 Å². The van der Waals surface area contributed by atoms with Crippen LogP contribution < -0.4 is 15.5 Å². The molecule has 0 unspecified atom stereocenters. The highest BCUT2D eigenvalue weighted by atomic mass is 32.2. The Morgan fingerprint density at radius 2 is 1.79 bits per heavy atom. The lowest BCUT2D eigenvalue weighted by atomic mass is 10.0. The molecule has 4 rings (SSSR count). The van der Waals surface area contributed by atoms with Crippen LogP contribution in [0.3, 0.4) is 0 Å². The minimum absolute atomic E-state index is 0.0245. The summed E-state index contributed by atoms with van der Waals surface area (Å²) in [6, 6.07) is 18.5. The fraction of sp³-hybridized carbons (Fsp3) is 0.364. The summed E-state index contributed by atoms with van der Waals surface area (Å²) in [5.74, 6) is -0.107. The Bertz CT molecular complexity index is 835. The molecule has 2 aliphatic heterocycles. The molecule has 6 heteroatoms. The Hall–Kier alpha value is -2.31. The zero-order valence-corrected chi connectivity index (χ0v) is 16.6. The normalized spacial score (nSPS) is 24.1. The number of likely N-dealkylation sites (tertiary alicyclic amines) is 1. The van der Waals surface area contributed by atoms with Crippen molar-refractivity contribution < 1.29 is 14.5 Å². The van der Waals surface area contributed by atoms with Gasteiger partial charge in [0.05, 0.1) is 24.0 Å². The van der Waals surface area contributed by atoms with E-state index in [1.54, 1.807) is 4.90 Å². The van der Waals surface area contributed by atoms with Crippen LogP contribution in [0.5, 0.6) is 0 Å². The van der Waals surface area contributed by atoms with Gasteiger partial charge in [0.1, 0.15) is 6.54 Å². The van der Waals surface area contributed by atoms with Crippen molar-refractivity contribution in [1.82, 2.24) is 5.32 Å². The van der Waals surface area contributed by atoms with E-state index in [1.165, 1.54) is 17.3 Å². The number of fused-ring (bicyclic) bond motifs is 1. The highest BCUT2D eigenvalue weighted by Crippen LogP contribution is 2.36. The smallest absolute Gasteiger partial charge is 0.238 e. The first-order chi connectivity index (χ1) is 13.7. The lowest BCUT2D eigenvalue weighted by molar-refractivity contribution is -0.918. The summed E-state index contributed by atoms with van der Waals surface area (Å²) in [5.41, 5.74) is 2.20. The summed E-state index contributed by atoms with van der Waals surface area (Å²) < 4.78 is 0. The number of thioether (sulfide) groups is 1. The van der Waals surface area contributed by atoms with Crippen molar-refractivity contribution in [2.24, 2.45) is 0 Å². The number of piperidine rings is 1.